The zero-order chi connectivity index (χ0) is 12.4. The minimum Gasteiger partial charge on any atom is -0.367 e. The smallest absolute Gasteiger partial charge is 0.225 e. The first kappa shape index (κ1) is 11.2. The van der Waals surface area contributed by atoms with E-state index in [9.17, 15) is 0 Å². The van der Waals surface area contributed by atoms with Crippen molar-refractivity contribution in [3.63, 3.8) is 0 Å². The van der Waals surface area contributed by atoms with E-state index in [0.29, 0.717) is 6.61 Å². The van der Waals surface area contributed by atoms with Gasteiger partial charge in [0.1, 0.15) is 11.9 Å². The van der Waals surface area contributed by atoms with E-state index >= 15 is 0 Å². The van der Waals surface area contributed by atoms with Crippen molar-refractivity contribution in [2.24, 2.45) is 0 Å². The van der Waals surface area contributed by atoms with Gasteiger partial charge in [-0.25, -0.2) is 15.0 Å². The van der Waals surface area contributed by atoms with Gasteiger partial charge in [-0.1, -0.05) is 0 Å². The van der Waals surface area contributed by atoms with Gasteiger partial charge in [-0.3, -0.25) is 0 Å². The number of hydrogen-bond donors (Lipinski definition) is 1. The predicted octanol–water partition coefficient (Wildman–Crippen LogP) is 1.09. The average molecular weight is 245 g/mol. The van der Waals surface area contributed by atoms with Crippen molar-refractivity contribution in [1.29, 1.82) is 0 Å². The van der Waals surface area contributed by atoms with E-state index in [-0.39, 0.29) is 6.10 Å². The van der Waals surface area contributed by atoms with Crippen LogP contribution in [0.1, 0.15) is 17.6 Å². The highest BCUT2D eigenvalue weighted by Gasteiger charge is 2.25. The summed E-state index contributed by atoms with van der Waals surface area (Å²) in [6.45, 7) is 4.16. The maximum absolute atomic E-state index is 5.74. The number of aryl methyl sites for hydroxylation is 1. The number of aromatic amines is 1. The summed E-state index contributed by atoms with van der Waals surface area (Å²) in [5.74, 6) is 1.61. The number of nitrogens with zero attached hydrogens (tertiary/aromatic N) is 4. The molecule has 1 aliphatic rings. The molecule has 2 aromatic heterocycles. The number of aromatic nitrogens is 4. The van der Waals surface area contributed by atoms with Gasteiger partial charge >= 0.3 is 0 Å². The second-order valence-corrected chi connectivity index (χ2v) is 4.31. The van der Waals surface area contributed by atoms with E-state index in [0.717, 1.165) is 30.6 Å². The molecule has 0 amide bonds. The predicted molar refractivity (Wildman–Crippen MR) is 66.3 cm³/mol. The molecule has 3 rings (SSSR count). The number of ether oxygens (including phenoxy) is 1. The van der Waals surface area contributed by atoms with Gasteiger partial charge in [0, 0.05) is 30.8 Å². The van der Waals surface area contributed by atoms with E-state index in [2.05, 4.69) is 24.8 Å². The first-order chi connectivity index (χ1) is 8.83. The van der Waals surface area contributed by atoms with Crippen LogP contribution in [0.25, 0.3) is 0 Å². The fourth-order valence-corrected chi connectivity index (χ4v) is 2.05. The molecule has 0 bridgehead atoms. The first-order valence-corrected chi connectivity index (χ1v) is 5.98. The molecule has 6 nitrogen and oxygen atoms in total. The molecule has 1 fully saturated rings. The highest BCUT2D eigenvalue weighted by molar-refractivity contribution is 5.29. The van der Waals surface area contributed by atoms with Gasteiger partial charge in [0.25, 0.3) is 0 Å². The zero-order valence-electron chi connectivity index (χ0n) is 10.2. The van der Waals surface area contributed by atoms with E-state index in [1.54, 1.807) is 12.4 Å². The van der Waals surface area contributed by atoms with Crippen LogP contribution in [-0.4, -0.2) is 39.6 Å². The Morgan fingerprint density at radius 2 is 2.17 bits per heavy atom. The number of anilines is 1. The van der Waals surface area contributed by atoms with Crippen LogP contribution in [0, 0.1) is 6.92 Å². The maximum Gasteiger partial charge on any atom is 0.225 e. The van der Waals surface area contributed by atoms with Crippen molar-refractivity contribution in [1.82, 2.24) is 19.9 Å². The Balaban J connectivity index is 1.76. The zero-order valence-corrected chi connectivity index (χ0v) is 10.2. The Labute approximate surface area is 105 Å². The summed E-state index contributed by atoms with van der Waals surface area (Å²) in [4.78, 5) is 18.2. The lowest BCUT2D eigenvalue weighted by Gasteiger charge is -2.31. The van der Waals surface area contributed by atoms with E-state index in [1.807, 2.05) is 19.2 Å². The second-order valence-electron chi connectivity index (χ2n) is 4.31. The standard InChI is InChI=1S/C12H15N5O/c1-9-7-15-11(16-9)10-8-17(5-6-18-10)12-13-3-2-4-14-12/h2-4,7,10H,5-6,8H2,1H3,(H,15,16). The lowest BCUT2D eigenvalue weighted by molar-refractivity contribution is 0.0340. The quantitative estimate of drug-likeness (QED) is 0.857. The lowest BCUT2D eigenvalue weighted by atomic mass is 10.2. The molecule has 94 valence electrons. The van der Waals surface area contributed by atoms with Gasteiger partial charge < -0.3 is 14.6 Å². The van der Waals surface area contributed by atoms with Crippen LogP contribution in [-0.2, 0) is 4.74 Å². The number of nitrogens with one attached hydrogen (secondary N) is 1. The summed E-state index contributed by atoms with van der Waals surface area (Å²) in [5.41, 5.74) is 1.04. The largest absolute Gasteiger partial charge is 0.367 e. The highest BCUT2D eigenvalue weighted by atomic mass is 16.5. The van der Waals surface area contributed by atoms with Crippen molar-refractivity contribution >= 4 is 5.95 Å². The molecule has 18 heavy (non-hydrogen) atoms. The minimum atomic E-state index is -0.0451. The second kappa shape index (κ2) is 4.73. The van der Waals surface area contributed by atoms with Crippen molar-refractivity contribution in [2.75, 3.05) is 24.6 Å². The molecule has 1 atom stereocenters. The van der Waals surface area contributed by atoms with E-state index in [1.165, 1.54) is 0 Å². The number of hydrogen-bond acceptors (Lipinski definition) is 5. The lowest BCUT2D eigenvalue weighted by Crippen LogP contribution is -2.39. The molecule has 0 radical (unpaired) electrons. The molecule has 1 aliphatic heterocycles. The van der Waals surface area contributed by atoms with Gasteiger partial charge in [-0.15, -0.1) is 0 Å². The fraction of sp³-hybridized carbons (Fsp3) is 0.417. The first-order valence-electron chi connectivity index (χ1n) is 5.98. The van der Waals surface area contributed by atoms with Crippen molar-refractivity contribution in [3.05, 3.63) is 36.2 Å². The van der Waals surface area contributed by atoms with E-state index < -0.39 is 0 Å². The third-order valence-corrected chi connectivity index (χ3v) is 2.93. The Morgan fingerprint density at radius 1 is 1.33 bits per heavy atom. The van der Waals surface area contributed by atoms with Gasteiger partial charge in [0.05, 0.1) is 13.2 Å². The van der Waals surface area contributed by atoms with Crippen molar-refractivity contribution in [2.45, 2.75) is 13.0 Å². The highest BCUT2D eigenvalue weighted by Crippen LogP contribution is 2.21. The van der Waals surface area contributed by atoms with Crippen LogP contribution in [0.4, 0.5) is 5.95 Å². The molecule has 1 saturated heterocycles. The minimum absolute atomic E-state index is 0.0451. The van der Waals surface area contributed by atoms with Gasteiger partial charge in [-0.05, 0) is 13.0 Å². The fourth-order valence-electron chi connectivity index (χ4n) is 2.05. The summed E-state index contributed by atoms with van der Waals surface area (Å²) < 4.78 is 5.74. The summed E-state index contributed by atoms with van der Waals surface area (Å²) in [6, 6.07) is 1.82. The number of imidazole rings is 1. The number of morpholine rings is 1. The molecule has 0 saturated carbocycles. The summed E-state index contributed by atoms with van der Waals surface area (Å²) in [7, 11) is 0. The van der Waals surface area contributed by atoms with Crippen LogP contribution in [0.15, 0.2) is 24.7 Å². The molecular weight excluding hydrogens is 230 g/mol. The summed E-state index contributed by atoms with van der Waals surface area (Å²) in [5, 5.41) is 0. The van der Waals surface area contributed by atoms with Crippen molar-refractivity contribution < 1.29 is 4.74 Å². The van der Waals surface area contributed by atoms with Crippen molar-refractivity contribution in [3.8, 4) is 0 Å². The Hall–Kier alpha value is -1.95. The third kappa shape index (κ3) is 2.19. The van der Waals surface area contributed by atoms with E-state index in [4.69, 9.17) is 4.74 Å². The molecule has 0 aliphatic carbocycles. The van der Waals surface area contributed by atoms with Crippen LogP contribution in [0.3, 0.4) is 0 Å². The van der Waals surface area contributed by atoms with Gasteiger partial charge in [0.2, 0.25) is 5.95 Å². The molecular formula is C12H15N5O. The average Bonchev–Trinajstić information content (AvgIpc) is 2.87. The third-order valence-electron chi connectivity index (χ3n) is 2.93. The summed E-state index contributed by atoms with van der Waals surface area (Å²) >= 11 is 0. The Morgan fingerprint density at radius 3 is 2.89 bits per heavy atom. The normalized spacial score (nSPS) is 20.1. The van der Waals surface area contributed by atoms with Gasteiger partial charge in [0.15, 0.2) is 0 Å². The van der Waals surface area contributed by atoms with Gasteiger partial charge in [-0.2, -0.15) is 0 Å². The number of rotatable bonds is 2. The monoisotopic (exact) mass is 245 g/mol. The SMILES string of the molecule is Cc1cnc(C2CN(c3ncccn3)CCO2)[nH]1. The van der Waals surface area contributed by atoms with Crippen LogP contribution in [0.2, 0.25) is 0 Å². The maximum atomic E-state index is 5.74. The van der Waals surface area contributed by atoms with Crippen LogP contribution >= 0.6 is 0 Å². The number of H-pyrrole nitrogens is 1. The van der Waals surface area contributed by atoms with Crippen LogP contribution in [0.5, 0.6) is 0 Å². The molecule has 2 aromatic rings. The Bertz CT molecular complexity index is 512. The molecule has 1 unspecified atom stereocenters. The van der Waals surface area contributed by atoms with Crippen LogP contribution < -0.4 is 4.90 Å². The molecule has 0 aromatic carbocycles. The molecule has 0 spiro atoms. The molecule has 6 heteroatoms. The molecule has 3 heterocycles. The molecule has 1 N–H and O–H groups in total. The Kier molecular flexibility index (Phi) is 2.93. The summed E-state index contributed by atoms with van der Waals surface area (Å²) in [6.07, 6.45) is 5.28. The topological polar surface area (TPSA) is 66.9 Å².